The summed E-state index contributed by atoms with van der Waals surface area (Å²) in [7, 11) is 2.85. The molecule has 9 nitrogen and oxygen atoms in total. The Balaban J connectivity index is 1.66. The van der Waals surface area contributed by atoms with Crippen molar-refractivity contribution in [3.8, 4) is 5.75 Å². The Labute approximate surface area is 206 Å². The largest absolute Gasteiger partial charge is 0.497 e. The van der Waals surface area contributed by atoms with Crippen LogP contribution in [-0.2, 0) is 20.8 Å². The van der Waals surface area contributed by atoms with Crippen LogP contribution in [0.5, 0.6) is 5.75 Å². The Bertz CT molecular complexity index is 1300. The minimum absolute atomic E-state index is 0.0958. The van der Waals surface area contributed by atoms with Gasteiger partial charge >= 0.3 is 5.97 Å². The highest BCUT2D eigenvalue weighted by Gasteiger charge is 2.24. The van der Waals surface area contributed by atoms with E-state index >= 15 is 0 Å². The quantitative estimate of drug-likeness (QED) is 0.286. The number of nitrogens with one attached hydrogen (secondary N) is 1. The van der Waals surface area contributed by atoms with E-state index in [1.165, 1.54) is 24.9 Å². The second-order valence-corrected chi connectivity index (χ2v) is 9.46. The number of aromatic nitrogens is 2. The maximum absolute atomic E-state index is 13.4. The van der Waals surface area contributed by atoms with E-state index in [0.29, 0.717) is 46.2 Å². The van der Waals surface area contributed by atoms with Gasteiger partial charge in [-0.3, -0.25) is 14.2 Å². The Morgan fingerprint density at radius 1 is 1.26 bits per heavy atom. The summed E-state index contributed by atoms with van der Waals surface area (Å²) >= 11 is 1.18. The number of benzene rings is 2. The Hall–Kier alpha value is -3.37. The number of anilines is 1. The number of rotatable bonds is 8. The fourth-order valence-corrected chi connectivity index (χ4v) is 4.76. The molecule has 184 valence electrons. The highest BCUT2D eigenvalue weighted by molar-refractivity contribution is 8.00. The molecule has 0 bridgehead atoms. The first kappa shape index (κ1) is 24.7. The van der Waals surface area contributed by atoms with Crippen molar-refractivity contribution in [3.05, 3.63) is 58.4 Å². The Morgan fingerprint density at radius 2 is 2.09 bits per heavy atom. The van der Waals surface area contributed by atoms with Gasteiger partial charge < -0.3 is 19.5 Å². The average Bonchev–Trinajstić information content (AvgIpc) is 3.39. The first-order valence-electron chi connectivity index (χ1n) is 11.3. The molecule has 1 aliphatic rings. The summed E-state index contributed by atoms with van der Waals surface area (Å²) in [4.78, 5) is 43.0. The van der Waals surface area contributed by atoms with E-state index in [-0.39, 0.29) is 17.6 Å². The number of carbonyl (C=O) groups excluding carboxylic acids is 2. The van der Waals surface area contributed by atoms with Gasteiger partial charge in [0.2, 0.25) is 5.91 Å². The molecule has 1 saturated heterocycles. The van der Waals surface area contributed by atoms with Crippen LogP contribution in [0.3, 0.4) is 0 Å². The molecule has 1 amide bonds. The van der Waals surface area contributed by atoms with Crippen molar-refractivity contribution in [2.24, 2.45) is 0 Å². The monoisotopic (exact) mass is 497 g/mol. The van der Waals surface area contributed by atoms with Gasteiger partial charge in [0, 0.05) is 18.4 Å². The molecule has 1 aromatic heterocycles. The number of nitrogens with zero attached hydrogens (tertiary/aromatic N) is 2. The van der Waals surface area contributed by atoms with Gasteiger partial charge in [-0.2, -0.15) is 0 Å². The number of esters is 1. The van der Waals surface area contributed by atoms with Crippen molar-refractivity contribution in [1.29, 1.82) is 0 Å². The molecule has 1 N–H and O–H groups in total. The van der Waals surface area contributed by atoms with Gasteiger partial charge in [-0.15, -0.1) is 0 Å². The summed E-state index contributed by atoms with van der Waals surface area (Å²) in [6.45, 7) is 2.75. The molecule has 1 aliphatic heterocycles. The van der Waals surface area contributed by atoms with Gasteiger partial charge in [0.15, 0.2) is 5.16 Å². The van der Waals surface area contributed by atoms with Crippen LogP contribution >= 0.6 is 11.8 Å². The van der Waals surface area contributed by atoms with Crippen LogP contribution in [0.2, 0.25) is 0 Å². The van der Waals surface area contributed by atoms with Crippen LogP contribution in [0.4, 0.5) is 5.69 Å². The molecule has 2 unspecified atom stereocenters. The van der Waals surface area contributed by atoms with Crippen molar-refractivity contribution in [2.75, 3.05) is 26.1 Å². The molecule has 0 saturated carbocycles. The third-order valence-corrected chi connectivity index (χ3v) is 6.83. The second-order valence-electron chi connectivity index (χ2n) is 8.15. The summed E-state index contributed by atoms with van der Waals surface area (Å²) in [5.74, 6) is -0.131. The van der Waals surface area contributed by atoms with Gasteiger partial charge in [0.25, 0.3) is 5.56 Å². The molecule has 4 rings (SSSR count). The lowest BCUT2D eigenvalue weighted by Gasteiger charge is -2.19. The molecular formula is C25H27N3O6S. The van der Waals surface area contributed by atoms with Crippen LogP contribution in [-0.4, -0.2) is 53.6 Å². The molecule has 35 heavy (non-hydrogen) atoms. The van der Waals surface area contributed by atoms with E-state index in [1.54, 1.807) is 55.0 Å². The summed E-state index contributed by atoms with van der Waals surface area (Å²) in [6, 6.07) is 11.7. The second kappa shape index (κ2) is 10.9. The molecule has 1 fully saturated rings. The van der Waals surface area contributed by atoms with Gasteiger partial charge in [0.1, 0.15) is 5.75 Å². The maximum Gasteiger partial charge on any atom is 0.337 e. The van der Waals surface area contributed by atoms with E-state index in [1.807, 2.05) is 0 Å². The molecular weight excluding hydrogens is 470 g/mol. The fraction of sp³-hybridized carbons (Fsp3) is 0.360. The van der Waals surface area contributed by atoms with Crippen LogP contribution in [0.25, 0.3) is 10.9 Å². The summed E-state index contributed by atoms with van der Waals surface area (Å²) in [5.41, 5.74) is 1.02. The number of carbonyl (C=O) groups is 2. The minimum Gasteiger partial charge on any atom is -0.497 e. The standard InChI is InChI=1S/C25H27N3O6S/c1-15(22(29)26-17-6-4-7-18(13-17)32-2)35-25-27-21-12-16(24(31)33-3)9-10-20(21)23(30)28(25)14-19-8-5-11-34-19/h4,6-7,9-10,12-13,15,19H,5,8,11,14H2,1-3H3,(H,26,29). The molecule has 10 heteroatoms. The lowest BCUT2D eigenvalue weighted by atomic mass is 10.1. The molecule has 0 aliphatic carbocycles. The van der Waals surface area contributed by atoms with Gasteiger partial charge in [0.05, 0.1) is 48.6 Å². The predicted octanol–water partition coefficient (Wildman–Crippen LogP) is 3.49. The number of amides is 1. The van der Waals surface area contributed by atoms with Crippen LogP contribution in [0.15, 0.2) is 52.4 Å². The molecule has 2 aromatic carbocycles. The Kier molecular flexibility index (Phi) is 7.72. The van der Waals surface area contributed by atoms with Crippen molar-refractivity contribution in [3.63, 3.8) is 0 Å². The smallest absolute Gasteiger partial charge is 0.337 e. The van der Waals surface area contributed by atoms with E-state index in [0.717, 1.165) is 12.8 Å². The predicted molar refractivity (Wildman–Crippen MR) is 133 cm³/mol. The normalized spacial score (nSPS) is 16.1. The van der Waals surface area contributed by atoms with E-state index < -0.39 is 11.2 Å². The van der Waals surface area contributed by atoms with E-state index in [4.69, 9.17) is 14.2 Å². The lowest BCUT2D eigenvalue weighted by molar-refractivity contribution is -0.115. The van der Waals surface area contributed by atoms with Crippen LogP contribution in [0, 0.1) is 0 Å². The topological polar surface area (TPSA) is 109 Å². The first-order valence-corrected chi connectivity index (χ1v) is 12.1. The maximum atomic E-state index is 13.4. The summed E-state index contributed by atoms with van der Waals surface area (Å²) in [5, 5.41) is 3.07. The number of fused-ring (bicyclic) bond motifs is 1. The molecule has 3 aromatic rings. The van der Waals surface area contributed by atoms with Crippen molar-refractivity contribution < 1.29 is 23.8 Å². The van der Waals surface area contributed by atoms with E-state index in [9.17, 15) is 14.4 Å². The first-order chi connectivity index (χ1) is 16.9. The zero-order valence-corrected chi connectivity index (χ0v) is 20.6. The van der Waals surface area contributed by atoms with E-state index in [2.05, 4.69) is 10.3 Å². The number of ether oxygens (including phenoxy) is 3. The number of hydrogen-bond donors (Lipinski definition) is 1. The summed E-state index contributed by atoms with van der Waals surface area (Å²) in [6.07, 6.45) is 1.69. The molecule has 0 spiro atoms. The third kappa shape index (κ3) is 5.66. The molecule has 2 atom stereocenters. The third-order valence-electron chi connectivity index (χ3n) is 5.74. The van der Waals surface area contributed by atoms with Gasteiger partial charge in [-0.05, 0) is 50.1 Å². The number of methoxy groups -OCH3 is 2. The van der Waals surface area contributed by atoms with Crippen molar-refractivity contribution in [2.45, 2.75) is 42.8 Å². The highest BCUT2D eigenvalue weighted by Crippen LogP contribution is 2.26. The molecule has 0 radical (unpaired) electrons. The fourth-order valence-electron chi connectivity index (χ4n) is 3.84. The zero-order valence-electron chi connectivity index (χ0n) is 19.8. The van der Waals surface area contributed by atoms with Crippen molar-refractivity contribution in [1.82, 2.24) is 9.55 Å². The summed E-state index contributed by atoms with van der Waals surface area (Å²) < 4.78 is 17.3. The SMILES string of the molecule is COC(=O)c1ccc2c(=O)n(CC3CCCO3)c(SC(C)C(=O)Nc3cccc(OC)c3)nc2c1. The zero-order chi connectivity index (χ0) is 24.9. The number of hydrogen-bond acceptors (Lipinski definition) is 8. The van der Waals surface area contributed by atoms with Gasteiger partial charge in [-0.25, -0.2) is 9.78 Å². The average molecular weight is 498 g/mol. The highest BCUT2D eigenvalue weighted by atomic mass is 32.2. The Morgan fingerprint density at radius 3 is 2.80 bits per heavy atom. The van der Waals surface area contributed by atoms with Gasteiger partial charge in [-0.1, -0.05) is 17.8 Å². The van der Waals surface area contributed by atoms with Crippen molar-refractivity contribution >= 4 is 40.2 Å². The number of thioether (sulfide) groups is 1. The van der Waals surface area contributed by atoms with Crippen LogP contribution in [0.1, 0.15) is 30.1 Å². The van der Waals surface area contributed by atoms with Crippen LogP contribution < -0.4 is 15.6 Å². The lowest BCUT2D eigenvalue weighted by Crippen LogP contribution is -2.30. The minimum atomic E-state index is -0.565. The molecule has 2 heterocycles.